The summed E-state index contributed by atoms with van der Waals surface area (Å²) in [5.74, 6) is 0. The second-order valence-electron chi connectivity index (χ2n) is 3.90. The van der Waals surface area contributed by atoms with Crippen LogP contribution in [0.4, 0.5) is 11.4 Å². The Labute approximate surface area is 107 Å². The largest absolute Gasteiger partial charge is 0.354 e. The van der Waals surface area contributed by atoms with Gasteiger partial charge in [0, 0.05) is 5.69 Å². The molecule has 1 nitrogen and oxygen atoms in total. The zero-order valence-electron chi connectivity index (χ0n) is 9.70. The van der Waals surface area contributed by atoms with Gasteiger partial charge in [-0.25, -0.2) is 0 Å². The third-order valence-corrected chi connectivity index (χ3v) is 2.89. The van der Waals surface area contributed by atoms with Crippen molar-refractivity contribution >= 4 is 29.1 Å². The lowest BCUT2D eigenvalue weighted by atomic mass is 10.1. The van der Waals surface area contributed by atoms with Gasteiger partial charge >= 0.3 is 0 Å². The van der Waals surface area contributed by atoms with Gasteiger partial charge in [0.05, 0.1) is 10.7 Å². The molecular formula is C15H14ClN. The van der Waals surface area contributed by atoms with E-state index in [1.165, 1.54) is 0 Å². The van der Waals surface area contributed by atoms with Crippen LogP contribution in [-0.2, 0) is 0 Å². The van der Waals surface area contributed by atoms with Crippen LogP contribution in [0.2, 0.25) is 5.02 Å². The molecule has 2 rings (SSSR count). The van der Waals surface area contributed by atoms with E-state index in [2.05, 4.69) is 11.9 Å². The molecule has 0 atom stereocenters. The highest BCUT2D eigenvalue weighted by Crippen LogP contribution is 2.28. The lowest BCUT2D eigenvalue weighted by Crippen LogP contribution is -1.93. The fraction of sp³-hybridized carbons (Fsp3) is 0.0667. The normalized spacial score (nSPS) is 10.0. The minimum absolute atomic E-state index is 0.726. The lowest BCUT2D eigenvalue weighted by molar-refractivity contribution is 1.45. The van der Waals surface area contributed by atoms with E-state index in [0.29, 0.717) is 0 Å². The van der Waals surface area contributed by atoms with Crippen LogP contribution in [0, 0.1) is 6.92 Å². The van der Waals surface area contributed by atoms with Crippen LogP contribution in [0.3, 0.4) is 0 Å². The Kier molecular flexibility index (Phi) is 3.50. The smallest absolute Gasteiger partial charge is 0.0643 e. The number of nitrogens with one attached hydrogen (secondary N) is 1. The second-order valence-corrected chi connectivity index (χ2v) is 4.31. The van der Waals surface area contributed by atoms with Gasteiger partial charge in [-0.05, 0) is 36.2 Å². The van der Waals surface area contributed by atoms with Crippen molar-refractivity contribution in [2.45, 2.75) is 6.92 Å². The third kappa shape index (κ3) is 2.69. The van der Waals surface area contributed by atoms with Gasteiger partial charge in [0.25, 0.3) is 0 Å². The van der Waals surface area contributed by atoms with E-state index in [1.54, 1.807) is 0 Å². The first kappa shape index (κ1) is 11.7. The Morgan fingerprint density at radius 3 is 2.59 bits per heavy atom. The number of aryl methyl sites for hydroxylation is 1. The number of anilines is 2. The Balaban J connectivity index is 2.34. The van der Waals surface area contributed by atoms with Gasteiger partial charge in [0.15, 0.2) is 0 Å². The second kappa shape index (κ2) is 5.07. The molecule has 1 N–H and O–H groups in total. The monoisotopic (exact) mass is 243 g/mol. The van der Waals surface area contributed by atoms with E-state index in [-0.39, 0.29) is 0 Å². The number of halogens is 1. The maximum atomic E-state index is 6.19. The highest BCUT2D eigenvalue weighted by Gasteiger charge is 2.03. The molecule has 86 valence electrons. The van der Waals surface area contributed by atoms with Gasteiger partial charge in [-0.2, -0.15) is 0 Å². The van der Waals surface area contributed by atoms with E-state index in [0.717, 1.165) is 27.5 Å². The maximum absolute atomic E-state index is 6.19. The Morgan fingerprint density at radius 1 is 1.12 bits per heavy atom. The standard InChI is InChI=1S/C15H14ClN/c1-3-12-6-4-5-7-14(12)17-15-9-8-11(2)10-13(15)16/h3-10,17H,1H2,2H3. The van der Waals surface area contributed by atoms with Crippen LogP contribution in [0.15, 0.2) is 49.0 Å². The summed E-state index contributed by atoms with van der Waals surface area (Å²) in [6.45, 7) is 5.82. The SMILES string of the molecule is C=Cc1ccccc1Nc1ccc(C)cc1Cl. The molecule has 0 radical (unpaired) electrons. The van der Waals surface area contributed by atoms with Crippen molar-refractivity contribution in [3.05, 3.63) is 65.2 Å². The molecule has 0 aromatic heterocycles. The molecule has 17 heavy (non-hydrogen) atoms. The van der Waals surface area contributed by atoms with E-state index in [4.69, 9.17) is 11.6 Å². The first-order valence-electron chi connectivity index (χ1n) is 5.45. The van der Waals surface area contributed by atoms with Crippen molar-refractivity contribution in [2.75, 3.05) is 5.32 Å². The number of rotatable bonds is 3. The molecule has 0 heterocycles. The van der Waals surface area contributed by atoms with Gasteiger partial charge < -0.3 is 5.32 Å². The summed E-state index contributed by atoms with van der Waals surface area (Å²) in [7, 11) is 0. The molecule has 0 saturated heterocycles. The fourth-order valence-electron chi connectivity index (χ4n) is 1.66. The Hall–Kier alpha value is -1.73. The first-order valence-corrected chi connectivity index (χ1v) is 5.83. The summed E-state index contributed by atoms with van der Waals surface area (Å²) >= 11 is 6.19. The molecule has 0 aliphatic heterocycles. The molecule has 0 unspecified atom stereocenters. The van der Waals surface area contributed by atoms with Crippen molar-refractivity contribution in [3.63, 3.8) is 0 Å². The number of hydrogen-bond donors (Lipinski definition) is 1. The van der Waals surface area contributed by atoms with Gasteiger partial charge in [-0.1, -0.05) is 48.5 Å². The molecule has 0 aliphatic rings. The van der Waals surface area contributed by atoms with Crippen LogP contribution in [0.25, 0.3) is 6.08 Å². The summed E-state index contributed by atoms with van der Waals surface area (Å²) in [5.41, 5.74) is 4.13. The summed E-state index contributed by atoms with van der Waals surface area (Å²) in [4.78, 5) is 0. The molecule has 0 amide bonds. The predicted octanol–water partition coefficient (Wildman–Crippen LogP) is 5.04. The van der Waals surface area contributed by atoms with Crippen molar-refractivity contribution in [1.82, 2.24) is 0 Å². The Bertz CT molecular complexity index is 546. The van der Waals surface area contributed by atoms with Gasteiger partial charge in [-0.3, -0.25) is 0 Å². The van der Waals surface area contributed by atoms with E-state index in [9.17, 15) is 0 Å². The van der Waals surface area contributed by atoms with Crippen molar-refractivity contribution < 1.29 is 0 Å². The average Bonchev–Trinajstić information content (AvgIpc) is 2.33. The minimum Gasteiger partial charge on any atom is -0.354 e. The van der Waals surface area contributed by atoms with Crippen LogP contribution in [0.5, 0.6) is 0 Å². The predicted molar refractivity (Wildman–Crippen MR) is 76.0 cm³/mol. The van der Waals surface area contributed by atoms with Crippen LogP contribution in [-0.4, -0.2) is 0 Å². The van der Waals surface area contributed by atoms with E-state index >= 15 is 0 Å². The number of para-hydroxylation sites is 1. The van der Waals surface area contributed by atoms with Crippen molar-refractivity contribution in [2.24, 2.45) is 0 Å². The highest BCUT2D eigenvalue weighted by atomic mass is 35.5. The molecule has 2 heteroatoms. The molecule has 2 aromatic carbocycles. The van der Waals surface area contributed by atoms with Crippen molar-refractivity contribution in [3.8, 4) is 0 Å². The first-order chi connectivity index (χ1) is 8.20. The zero-order valence-corrected chi connectivity index (χ0v) is 10.5. The third-order valence-electron chi connectivity index (χ3n) is 2.57. The molecule has 0 bridgehead atoms. The highest BCUT2D eigenvalue weighted by molar-refractivity contribution is 6.33. The number of hydrogen-bond acceptors (Lipinski definition) is 1. The molecule has 0 saturated carbocycles. The summed E-state index contributed by atoms with van der Waals surface area (Å²) in [5, 5.41) is 4.04. The fourth-order valence-corrected chi connectivity index (χ4v) is 1.94. The molecule has 2 aromatic rings. The topological polar surface area (TPSA) is 12.0 Å². The van der Waals surface area contributed by atoms with Gasteiger partial charge in [0.2, 0.25) is 0 Å². The summed E-state index contributed by atoms with van der Waals surface area (Å²) < 4.78 is 0. The minimum atomic E-state index is 0.726. The van der Waals surface area contributed by atoms with Crippen LogP contribution < -0.4 is 5.32 Å². The van der Waals surface area contributed by atoms with Crippen LogP contribution >= 0.6 is 11.6 Å². The van der Waals surface area contributed by atoms with E-state index in [1.807, 2.05) is 55.5 Å². The molecule has 0 aliphatic carbocycles. The van der Waals surface area contributed by atoms with E-state index < -0.39 is 0 Å². The summed E-state index contributed by atoms with van der Waals surface area (Å²) in [6, 6.07) is 13.9. The zero-order chi connectivity index (χ0) is 12.3. The molecule has 0 spiro atoms. The quantitative estimate of drug-likeness (QED) is 0.797. The average molecular weight is 244 g/mol. The van der Waals surface area contributed by atoms with Crippen LogP contribution in [0.1, 0.15) is 11.1 Å². The molecule has 0 fully saturated rings. The Morgan fingerprint density at radius 2 is 1.88 bits per heavy atom. The maximum Gasteiger partial charge on any atom is 0.0643 e. The molecular weight excluding hydrogens is 230 g/mol. The van der Waals surface area contributed by atoms with Gasteiger partial charge in [0.1, 0.15) is 0 Å². The summed E-state index contributed by atoms with van der Waals surface area (Å²) in [6.07, 6.45) is 1.82. The van der Waals surface area contributed by atoms with Crippen molar-refractivity contribution in [1.29, 1.82) is 0 Å². The van der Waals surface area contributed by atoms with Gasteiger partial charge in [-0.15, -0.1) is 0 Å². The number of benzene rings is 2. The lowest BCUT2D eigenvalue weighted by Gasteiger charge is -2.11.